The summed E-state index contributed by atoms with van der Waals surface area (Å²) < 4.78 is 2.59. The molecule has 0 atom stereocenters. The zero-order chi connectivity index (χ0) is 15.0. The average molecular weight is 295 g/mol. The van der Waals surface area contributed by atoms with E-state index in [2.05, 4.69) is 73.4 Å². The van der Waals surface area contributed by atoms with E-state index >= 15 is 0 Å². The van der Waals surface area contributed by atoms with Crippen LogP contribution in [0, 0.1) is 25.5 Å². The molecule has 0 aliphatic carbocycles. The van der Waals surface area contributed by atoms with E-state index in [1.807, 2.05) is 4.57 Å². The number of H-pyrrole nitrogens is 1. The molecular weight excluding hydrogens is 278 g/mol. The molecule has 4 heteroatoms. The van der Waals surface area contributed by atoms with Crippen molar-refractivity contribution in [3.63, 3.8) is 0 Å². The van der Waals surface area contributed by atoms with Gasteiger partial charge in [0.1, 0.15) is 0 Å². The lowest BCUT2D eigenvalue weighted by Crippen LogP contribution is -1.99. The number of nitrogens with zero attached hydrogens (tertiary/aromatic N) is 2. The number of aromatic amines is 1. The van der Waals surface area contributed by atoms with Crippen molar-refractivity contribution in [3.05, 3.63) is 63.9 Å². The second-order valence-corrected chi connectivity index (χ2v) is 5.79. The monoisotopic (exact) mass is 295 g/mol. The molecule has 2 aromatic carbocycles. The molecule has 0 aliphatic heterocycles. The molecule has 0 radical (unpaired) electrons. The van der Waals surface area contributed by atoms with Gasteiger partial charge in [-0.3, -0.25) is 9.67 Å². The van der Waals surface area contributed by atoms with Gasteiger partial charge in [-0.1, -0.05) is 35.9 Å². The van der Waals surface area contributed by atoms with E-state index in [9.17, 15) is 0 Å². The van der Waals surface area contributed by atoms with Gasteiger partial charge in [0.05, 0.1) is 5.69 Å². The zero-order valence-electron chi connectivity index (χ0n) is 12.3. The van der Waals surface area contributed by atoms with E-state index in [1.54, 1.807) is 0 Å². The van der Waals surface area contributed by atoms with Gasteiger partial charge in [-0.05, 0) is 56.2 Å². The Labute approximate surface area is 129 Å². The van der Waals surface area contributed by atoms with Crippen LogP contribution in [0.3, 0.4) is 0 Å². The Morgan fingerprint density at radius 1 is 0.905 bits per heavy atom. The van der Waals surface area contributed by atoms with Crippen LogP contribution in [0.2, 0.25) is 0 Å². The Kier molecular flexibility index (Phi) is 3.47. The van der Waals surface area contributed by atoms with Crippen LogP contribution in [0.1, 0.15) is 16.7 Å². The number of aryl methyl sites for hydroxylation is 3. The van der Waals surface area contributed by atoms with Gasteiger partial charge in [0.25, 0.3) is 0 Å². The molecule has 106 valence electrons. The molecule has 0 saturated heterocycles. The number of aromatic nitrogens is 3. The van der Waals surface area contributed by atoms with Gasteiger partial charge in [0, 0.05) is 5.56 Å². The van der Waals surface area contributed by atoms with E-state index in [0.717, 1.165) is 17.1 Å². The van der Waals surface area contributed by atoms with E-state index in [-0.39, 0.29) is 0 Å². The summed E-state index contributed by atoms with van der Waals surface area (Å²) in [7, 11) is 0. The molecular formula is C17H17N3S. The summed E-state index contributed by atoms with van der Waals surface area (Å²) >= 11 is 5.41. The molecule has 21 heavy (non-hydrogen) atoms. The number of rotatable bonds is 2. The Balaban J connectivity index is 2.21. The molecule has 0 aliphatic rings. The Morgan fingerprint density at radius 3 is 2.14 bits per heavy atom. The normalized spacial score (nSPS) is 10.8. The standard InChI is InChI=1S/C17H17N3S/c1-11-4-6-14(7-5-11)16-18-19-17(21)20(16)15-9-12(2)8-13(3)10-15/h4-10H,1-3H3,(H,19,21). The molecule has 1 heterocycles. The minimum Gasteiger partial charge on any atom is -0.268 e. The fraction of sp³-hybridized carbons (Fsp3) is 0.176. The van der Waals surface area contributed by atoms with Crippen molar-refractivity contribution in [1.82, 2.24) is 14.8 Å². The molecule has 0 spiro atoms. The average Bonchev–Trinajstić information content (AvgIpc) is 2.80. The summed E-state index contributed by atoms with van der Waals surface area (Å²) in [6, 6.07) is 14.7. The second kappa shape index (κ2) is 5.30. The van der Waals surface area contributed by atoms with Crippen LogP contribution in [0.4, 0.5) is 0 Å². The van der Waals surface area contributed by atoms with Crippen molar-refractivity contribution in [2.24, 2.45) is 0 Å². The molecule has 0 saturated carbocycles. The van der Waals surface area contributed by atoms with Gasteiger partial charge in [-0.25, -0.2) is 0 Å². The maximum absolute atomic E-state index is 5.41. The van der Waals surface area contributed by atoms with Crippen LogP contribution in [0.25, 0.3) is 17.1 Å². The number of nitrogens with one attached hydrogen (secondary N) is 1. The first-order chi connectivity index (χ1) is 10.0. The van der Waals surface area contributed by atoms with Crippen LogP contribution in [-0.2, 0) is 0 Å². The summed E-state index contributed by atoms with van der Waals surface area (Å²) in [6.45, 7) is 6.25. The summed E-state index contributed by atoms with van der Waals surface area (Å²) in [5.74, 6) is 0.838. The van der Waals surface area contributed by atoms with E-state index in [0.29, 0.717) is 4.77 Å². The first-order valence-corrected chi connectivity index (χ1v) is 7.28. The highest BCUT2D eigenvalue weighted by atomic mass is 32.1. The summed E-state index contributed by atoms with van der Waals surface area (Å²) in [5, 5.41) is 7.30. The van der Waals surface area contributed by atoms with Gasteiger partial charge in [-0.15, -0.1) is 0 Å². The Morgan fingerprint density at radius 2 is 1.52 bits per heavy atom. The Bertz CT molecular complexity index is 821. The molecule has 0 amide bonds. The molecule has 0 fully saturated rings. The van der Waals surface area contributed by atoms with Gasteiger partial charge < -0.3 is 0 Å². The fourth-order valence-corrected chi connectivity index (χ4v) is 2.75. The number of hydrogen-bond acceptors (Lipinski definition) is 2. The van der Waals surface area contributed by atoms with Crippen molar-refractivity contribution in [1.29, 1.82) is 0 Å². The van der Waals surface area contributed by atoms with Crippen molar-refractivity contribution < 1.29 is 0 Å². The predicted octanol–water partition coefficient (Wildman–Crippen LogP) is 4.52. The van der Waals surface area contributed by atoms with Crippen LogP contribution in [-0.4, -0.2) is 14.8 Å². The largest absolute Gasteiger partial charge is 0.268 e. The quantitative estimate of drug-likeness (QED) is 0.705. The van der Waals surface area contributed by atoms with Gasteiger partial charge in [0.15, 0.2) is 10.6 Å². The first-order valence-electron chi connectivity index (χ1n) is 6.88. The summed E-state index contributed by atoms with van der Waals surface area (Å²) in [6.07, 6.45) is 0. The number of hydrogen-bond donors (Lipinski definition) is 1. The second-order valence-electron chi connectivity index (χ2n) is 5.40. The molecule has 1 aromatic heterocycles. The Hall–Kier alpha value is -2.20. The molecule has 1 N–H and O–H groups in total. The minimum atomic E-state index is 0.607. The van der Waals surface area contributed by atoms with Crippen LogP contribution < -0.4 is 0 Å². The maximum atomic E-state index is 5.41. The van der Waals surface area contributed by atoms with Crippen LogP contribution in [0.15, 0.2) is 42.5 Å². The lowest BCUT2D eigenvalue weighted by atomic mass is 10.1. The van der Waals surface area contributed by atoms with Gasteiger partial charge >= 0.3 is 0 Å². The topological polar surface area (TPSA) is 33.6 Å². The predicted molar refractivity (Wildman–Crippen MR) is 88.4 cm³/mol. The number of benzene rings is 2. The third-order valence-corrected chi connectivity index (χ3v) is 3.72. The highest BCUT2D eigenvalue weighted by Crippen LogP contribution is 2.23. The van der Waals surface area contributed by atoms with Crippen molar-refractivity contribution in [2.45, 2.75) is 20.8 Å². The van der Waals surface area contributed by atoms with E-state index in [4.69, 9.17) is 12.2 Å². The fourth-order valence-electron chi connectivity index (χ4n) is 2.51. The third kappa shape index (κ3) is 2.67. The van der Waals surface area contributed by atoms with Gasteiger partial charge in [0.2, 0.25) is 0 Å². The van der Waals surface area contributed by atoms with Crippen molar-refractivity contribution in [2.75, 3.05) is 0 Å². The van der Waals surface area contributed by atoms with Crippen LogP contribution in [0.5, 0.6) is 0 Å². The van der Waals surface area contributed by atoms with Gasteiger partial charge in [-0.2, -0.15) is 5.10 Å². The highest BCUT2D eigenvalue weighted by Gasteiger charge is 2.11. The lowest BCUT2D eigenvalue weighted by Gasteiger charge is -2.09. The highest BCUT2D eigenvalue weighted by molar-refractivity contribution is 7.71. The van der Waals surface area contributed by atoms with Crippen LogP contribution >= 0.6 is 12.2 Å². The summed E-state index contributed by atoms with van der Waals surface area (Å²) in [4.78, 5) is 0. The van der Waals surface area contributed by atoms with E-state index < -0.39 is 0 Å². The zero-order valence-corrected chi connectivity index (χ0v) is 13.2. The van der Waals surface area contributed by atoms with Crippen molar-refractivity contribution in [3.8, 4) is 17.1 Å². The first kappa shape index (κ1) is 13.8. The molecule has 0 bridgehead atoms. The smallest absolute Gasteiger partial charge is 0.200 e. The van der Waals surface area contributed by atoms with Crippen molar-refractivity contribution >= 4 is 12.2 Å². The molecule has 3 rings (SSSR count). The minimum absolute atomic E-state index is 0.607. The maximum Gasteiger partial charge on any atom is 0.200 e. The SMILES string of the molecule is Cc1ccc(-c2n[nH]c(=S)n2-c2cc(C)cc(C)c2)cc1. The molecule has 3 nitrogen and oxygen atoms in total. The third-order valence-electron chi connectivity index (χ3n) is 3.45. The van der Waals surface area contributed by atoms with E-state index in [1.165, 1.54) is 16.7 Å². The molecule has 0 unspecified atom stereocenters. The molecule has 3 aromatic rings. The lowest BCUT2D eigenvalue weighted by molar-refractivity contribution is 1.03. The summed E-state index contributed by atoms with van der Waals surface area (Å²) in [5.41, 5.74) is 5.74.